The minimum Gasteiger partial charge on any atom is -0.394 e. The molecule has 0 saturated carbocycles. The maximum absolute atomic E-state index is 9.16. The molecule has 1 saturated heterocycles. The second kappa shape index (κ2) is 3.65. The Morgan fingerprint density at radius 2 is 1.75 bits per heavy atom. The van der Waals surface area contributed by atoms with Gasteiger partial charge in [0.15, 0.2) is 6.29 Å². The molecule has 1 rings (SSSR count). The number of aliphatic hydroxyl groups excluding tert-OH is 4. The van der Waals surface area contributed by atoms with Gasteiger partial charge in [0.1, 0.15) is 24.4 Å². The van der Waals surface area contributed by atoms with Crippen LogP contribution in [0, 0.1) is 0 Å². The lowest BCUT2D eigenvalue weighted by Crippen LogP contribution is -2.58. The van der Waals surface area contributed by atoms with Crippen molar-refractivity contribution in [2.45, 2.75) is 30.7 Å². The van der Waals surface area contributed by atoms with Gasteiger partial charge in [0, 0.05) is 0 Å². The Labute approximate surface area is 70.0 Å². The van der Waals surface area contributed by atoms with Crippen LogP contribution in [0.25, 0.3) is 0 Å². The molecular weight excluding hydrogens is 168 g/mol. The fraction of sp³-hybridized carbons (Fsp3) is 1.00. The molecular formula is C6H12O6. The van der Waals surface area contributed by atoms with Crippen LogP contribution < -0.4 is 0 Å². The molecule has 1 aliphatic heterocycles. The third kappa shape index (κ3) is 1.58. The van der Waals surface area contributed by atoms with Crippen LogP contribution in [0.1, 0.15) is 1.37 Å². The molecule has 0 aromatic heterocycles. The average molecular weight is 181 g/mol. The zero-order valence-corrected chi connectivity index (χ0v) is 6.16. The summed E-state index contributed by atoms with van der Waals surface area (Å²) in [6.45, 7) is -0.620. The molecule has 6 nitrogen and oxygen atoms in total. The van der Waals surface area contributed by atoms with Crippen LogP contribution in [-0.4, -0.2) is 62.8 Å². The van der Waals surface area contributed by atoms with Crippen molar-refractivity contribution in [2.75, 3.05) is 6.61 Å². The molecule has 0 radical (unpaired) electrons. The Hall–Kier alpha value is -0.240. The summed E-state index contributed by atoms with van der Waals surface area (Å²) in [7, 11) is 0. The zero-order valence-electron chi connectivity index (χ0n) is 7.16. The molecule has 0 aromatic rings. The lowest BCUT2D eigenvalue weighted by atomic mass is 10.00. The van der Waals surface area contributed by atoms with Crippen molar-refractivity contribution in [1.82, 2.24) is 0 Å². The minimum atomic E-state index is -2.68. The molecule has 0 spiro atoms. The highest BCUT2D eigenvalue weighted by Crippen LogP contribution is 2.18. The van der Waals surface area contributed by atoms with E-state index in [1.165, 1.54) is 0 Å². The van der Waals surface area contributed by atoms with Gasteiger partial charge in [-0.3, -0.25) is 0 Å². The Morgan fingerprint density at radius 3 is 2.25 bits per heavy atom. The lowest BCUT2D eigenvalue weighted by molar-refractivity contribution is -0.286. The highest BCUT2D eigenvalue weighted by atomic mass is 16.6. The van der Waals surface area contributed by atoms with Crippen molar-refractivity contribution in [3.8, 4) is 0 Å². The van der Waals surface area contributed by atoms with Crippen molar-refractivity contribution in [3.05, 3.63) is 0 Å². The number of hydrogen-bond donors (Lipinski definition) is 5. The van der Waals surface area contributed by atoms with Crippen molar-refractivity contribution < 1.29 is 31.6 Å². The van der Waals surface area contributed by atoms with E-state index in [0.717, 1.165) is 0 Å². The molecule has 6 heteroatoms. The average Bonchev–Trinajstić information content (AvgIpc) is 2.09. The van der Waals surface area contributed by atoms with Crippen molar-refractivity contribution in [2.24, 2.45) is 0 Å². The highest BCUT2D eigenvalue weighted by Gasteiger charge is 2.42. The molecule has 0 bridgehead atoms. The van der Waals surface area contributed by atoms with E-state index in [-0.39, 0.29) is 0 Å². The minimum absolute atomic E-state index is 0.620. The summed E-state index contributed by atoms with van der Waals surface area (Å²) in [6, 6.07) is 0. The first-order valence-electron chi connectivity index (χ1n) is 3.94. The first-order valence-corrected chi connectivity index (χ1v) is 3.44. The van der Waals surface area contributed by atoms with Gasteiger partial charge in [0.2, 0.25) is 0 Å². The van der Waals surface area contributed by atoms with Gasteiger partial charge >= 0.3 is 0 Å². The maximum atomic E-state index is 9.16. The third-order valence-electron chi connectivity index (χ3n) is 1.74. The molecule has 0 amide bonds. The summed E-state index contributed by atoms with van der Waals surface area (Å²) >= 11 is 0. The standard InChI is InChI=1S/C6H12O6/c7-1-2-3(8)4(9)5(10)6(11)12-2/h2-11H,1H2/t2-,3-,4+,5?,6?/m1/s1/i5D. The van der Waals surface area contributed by atoms with Crippen LogP contribution in [-0.2, 0) is 4.74 Å². The van der Waals surface area contributed by atoms with Gasteiger partial charge in [0.25, 0.3) is 0 Å². The van der Waals surface area contributed by atoms with Gasteiger partial charge in [-0.25, -0.2) is 0 Å². The predicted molar refractivity (Wildman–Crippen MR) is 36.0 cm³/mol. The molecule has 2 unspecified atom stereocenters. The van der Waals surface area contributed by atoms with Gasteiger partial charge < -0.3 is 30.3 Å². The van der Waals surface area contributed by atoms with E-state index in [9.17, 15) is 0 Å². The fourth-order valence-corrected chi connectivity index (χ4v) is 0.991. The quantitative estimate of drug-likeness (QED) is 0.291. The smallest absolute Gasteiger partial charge is 0.184 e. The van der Waals surface area contributed by atoms with E-state index in [4.69, 9.17) is 26.9 Å². The summed E-state index contributed by atoms with van der Waals surface area (Å²) in [5.41, 5.74) is 0. The number of hydrogen-bond acceptors (Lipinski definition) is 6. The fourth-order valence-electron chi connectivity index (χ4n) is 0.991. The maximum Gasteiger partial charge on any atom is 0.184 e. The lowest BCUT2D eigenvalue weighted by Gasteiger charge is -2.37. The monoisotopic (exact) mass is 181 g/mol. The first kappa shape index (κ1) is 8.36. The van der Waals surface area contributed by atoms with E-state index < -0.39 is 37.3 Å². The van der Waals surface area contributed by atoms with E-state index in [0.29, 0.717) is 0 Å². The first-order chi connectivity index (χ1) is 5.91. The highest BCUT2D eigenvalue weighted by molar-refractivity contribution is 4.87. The third-order valence-corrected chi connectivity index (χ3v) is 1.74. The van der Waals surface area contributed by atoms with Gasteiger partial charge in [-0.15, -0.1) is 0 Å². The Morgan fingerprint density at radius 1 is 1.17 bits per heavy atom. The van der Waals surface area contributed by atoms with Gasteiger partial charge in [0.05, 0.1) is 7.98 Å². The van der Waals surface area contributed by atoms with Crippen LogP contribution >= 0.6 is 0 Å². The molecule has 5 atom stereocenters. The summed E-state index contributed by atoms with van der Waals surface area (Å²) in [4.78, 5) is 0. The van der Waals surface area contributed by atoms with Crippen LogP contribution in [0.3, 0.4) is 0 Å². The Kier molecular flexibility index (Phi) is 2.54. The molecule has 5 N–H and O–H groups in total. The van der Waals surface area contributed by atoms with E-state index >= 15 is 0 Å². The normalized spacial score (nSPS) is 56.6. The second-order valence-electron chi connectivity index (χ2n) is 2.57. The number of ether oxygens (including phenoxy) is 1. The molecule has 1 aliphatic rings. The molecule has 72 valence electrons. The topological polar surface area (TPSA) is 110 Å². The van der Waals surface area contributed by atoms with Gasteiger partial charge in [-0.2, -0.15) is 0 Å². The molecule has 1 fully saturated rings. The summed E-state index contributed by atoms with van der Waals surface area (Å²) in [5, 5.41) is 45.0. The molecule has 0 aliphatic carbocycles. The van der Waals surface area contributed by atoms with Crippen LogP contribution in [0.4, 0.5) is 0 Å². The van der Waals surface area contributed by atoms with Crippen LogP contribution in [0.2, 0.25) is 0 Å². The summed E-state index contributed by atoms with van der Waals surface area (Å²) in [5.74, 6) is 0. The number of aliphatic hydroxyl groups is 5. The van der Waals surface area contributed by atoms with E-state index in [1.807, 2.05) is 0 Å². The van der Waals surface area contributed by atoms with Crippen LogP contribution in [0.5, 0.6) is 0 Å². The second-order valence-corrected chi connectivity index (χ2v) is 2.57. The van der Waals surface area contributed by atoms with Crippen molar-refractivity contribution in [3.63, 3.8) is 0 Å². The molecule has 0 aromatic carbocycles. The van der Waals surface area contributed by atoms with Crippen molar-refractivity contribution in [1.29, 1.82) is 0 Å². The summed E-state index contributed by atoms with van der Waals surface area (Å²) in [6.07, 6.45) is -9.31. The van der Waals surface area contributed by atoms with Crippen molar-refractivity contribution >= 4 is 0 Å². The molecule has 12 heavy (non-hydrogen) atoms. The van der Waals surface area contributed by atoms with E-state index in [1.54, 1.807) is 0 Å². The summed E-state index contributed by atoms with van der Waals surface area (Å²) < 4.78 is 11.5. The molecule has 1 heterocycles. The largest absolute Gasteiger partial charge is 0.394 e. The number of rotatable bonds is 1. The Bertz CT molecular complexity index is 186. The van der Waals surface area contributed by atoms with Gasteiger partial charge in [-0.1, -0.05) is 0 Å². The Balaban J connectivity index is 2.79. The zero-order chi connectivity index (χ0) is 10.2. The van der Waals surface area contributed by atoms with Crippen LogP contribution in [0.15, 0.2) is 0 Å². The van der Waals surface area contributed by atoms with E-state index in [2.05, 4.69) is 4.74 Å². The SMILES string of the molecule is [2H]C1(O)C(O)O[C@H](CO)[C@@H](O)[C@@H]1O. The predicted octanol–water partition coefficient (Wildman–Crippen LogP) is -3.22. The van der Waals surface area contributed by atoms with Gasteiger partial charge in [-0.05, 0) is 0 Å².